The van der Waals surface area contributed by atoms with Gasteiger partial charge in [-0.1, -0.05) is 0 Å². The average molecular weight is 388 g/mol. The summed E-state index contributed by atoms with van der Waals surface area (Å²) in [4.78, 5) is 36.9. The lowest BCUT2D eigenvalue weighted by atomic mass is 9.78. The number of hydrogen-bond donors (Lipinski definition) is 3. The first-order chi connectivity index (χ1) is 13.4. The number of furan rings is 1. The average Bonchev–Trinajstić information content (AvgIpc) is 3.43. The standard InChI is InChI=1S/C18H20N4O6/c1-22-8-10(15(21-22)17(24)19-7-9-3-2-6-27-9)20-16(23)13-11-4-5-12(28-11)14(13)18(25)26/h2-3,6,8,11-14H,4-5,7H2,1H3,(H,19,24)(H,20,23)(H,25,26)/t11-,12+,13-,14-/m0/s1. The molecule has 4 rings (SSSR count). The summed E-state index contributed by atoms with van der Waals surface area (Å²) in [7, 11) is 1.62. The van der Waals surface area contributed by atoms with E-state index in [4.69, 9.17) is 9.15 Å². The van der Waals surface area contributed by atoms with Gasteiger partial charge < -0.3 is 24.9 Å². The van der Waals surface area contributed by atoms with Crippen molar-refractivity contribution in [2.24, 2.45) is 18.9 Å². The van der Waals surface area contributed by atoms with Crippen LogP contribution in [-0.4, -0.2) is 44.9 Å². The second-order valence-corrected chi connectivity index (χ2v) is 7.00. The molecule has 4 heterocycles. The number of nitrogens with zero attached hydrogens (tertiary/aromatic N) is 2. The van der Waals surface area contributed by atoms with E-state index in [9.17, 15) is 19.5 Å². The number of carboxylic acids is 1. The lowest BCUT2D eigenvalue weighted by Crippen LogP contribution is -2.41. The van der Waals surface area contributed by atoms with Gasteiger partial charge in [-0.3, -0.25) is 19.1 Å². The Kier molecular flexibility index (Phi) is 4.63. The third-order valence-electron chi connectivity index (χ3n) is 5.17. The molecular weight excluding hydrogens is 368 g/mol. The SMILES string of the molecule is Cn1cc(NC(=O)[C@@H]2[C@@H](C(=O)O)[C@H]3CC[C@@H]2O3)c(C(=O)NCc2ccco2)n1. The summed E-state index contributed by atoms with van der Waals surface area (Å²) in [5, 5.41) is 18.9. The van der Waals surface area contributed by atoms with Gasteiger partial charge in [-0.15, -0.1) is 0 Å². The molecule has 2 amide bonds. The monoisotopic (exact) mass is 388 g/mol. The molecule has 2 aromatic heterocycles. The van der Waals surface area contributed by atoms with Crippen molar-refractivity contribution in [1.29, 1.82) is 0 Å². The topological polar surface area (TPSA) is 136 Å². The molecule has 3 N–H and O–H groups in total. The highest BCUT2D eigenvalue weighted by molar-refractivity contribution is 6.03. The van der Waals surface area contributed by atoms with Gasteiger partial charge in [0.25, 0.3) is 5.91 Å². The number of amides is 2. The fraction of sp³-hybridized carbons (Fsp3) is 0.444. The Hall–Kier alpha value is -3.14. The zero-order chi connectivity index (χ0) is 19.8. The van der Waals surface area contributed by atoms with Crippen molar-refractivity contribution in [2.75, 3.05) is 5.32 Å². The van der Waals surface area contributed by atoms with E-state index >= 15 is 0 Å². The Morgan fingerprint density at radius 3 is 2.71 bits per heavy atom. The van der Waals surface area contributed by atoms with Gasteiger partial charge in [-0.25, -0.2) is 0 Å². The Morgan fingerprint density at radius 1 is 1.29 bits per heavy atom. The zero-order valence-electron chi connectivity index (χ0n) is 15.1. The number of rotatable bonds is 6. The number of aryl methyl sites for hydroxylation is 1. The second-order valence-electron chi connectivity index (χ2n) is 7.00. The van der Waals surface area contributed by atoms with Gasteiger partial charge in [0.15, 0.2) is 5.69 Å². The number of nitrogens with one attached hydrogen (secondary N) is 2. The molecule has 0 unspecified atom stereocenters. The maximum absolute atomic E-state index is 12.8. The summed E-state index contributed by atoms with van der Waals surface area (Å²) in [5.74, 6) is -3.10. The largest absolute Gasteiger partial charge is 0.481 e. The van der Waals surface area contributed by atoms with E-state index in [1.807, 2.05) is 0 Å². The van der Waals surface area contributed by atoms with Crippen LogP contribution in [0.3, 0.4) is 0 Å². The Balaban J connectivity index is 1.48. The number of fused-ring (bicyclic) bond motifs is 2. The maximum Gasteiger partial charge on any atom is 0.310 e. The molecule has 148 valence electrons. The van der Waals surface area contributed by atoms with Crippen molar-refractivity contribution >= 4 is 23.5 Å². The highest BCUT2D eigenvalue weighted by atomic mass is 16.5. The third-order valence-corrected chi connectivity index (χ3v) is 5.17. The number of carbonyl (C=O) groups is 3. The van der Waals surface area contributed by atoms with Gasteiger partial charge >= 0.3 is 5.97 Å². The van der Waals surface area contributed by atoms with Crippen LogP contribution >= 0.6 is 0 Å². The number of hydrogen-bond acceptors (Lipinski definition) is 6. The molecule has 0 saturated carbocycles. The molecule has 28 heavy (non-hydrogen) atoms. The minimum atomic E-state index is -1.05. The molecule has 2 fully saturated rings. The summed E-state index contributed by atoms with van der Waals surface area (Å²) >= 11 is 0. The van der Waals surface area contributed by atoms with Gasteiger partial charge in [0.05, 0.1) is 42.5 Å². The normalized spacial score (nSPS) is 25.6. The second kappa shape index (κ2) is 7.12. The number of carbonyl (C=O) groups excluding carboxylic acids is 2. The maximum atomic E-state index is 12.8. The highest BCUT2D eigenvalue weighted by Gasteiger charge is 2.55. The lowest BCUT2D eigenvalue weighted by Gasteiger charge is -2.23. The van der Waals surface area contributed by atoms with Crippen molar-refractivity contribution < 1.29 is 28.6 Å². The zero-order valence-corrected chi connectivity index (χ0v) is 15.1. The van der Waals surface area contributed by atoms with Crippen LogP contribution in [0.15, 0.2) is 29.0 Å². The molecular formula is C18H20N4O6. The van der Waals surface area contributed by atoms with Crippen LogP contribution in [0.25, 0.3) is 0 Å². The van der Waals surface area contributed by atoms with Gasteiger partial charge in [-0.2, -0.15) is 5.10 Å². The number of carboxylic acid groups (broad SMARTS) is 1. The van der Waals surface area contributed by atoms with Crippen molar-refractivity contribution in [2.45, 2.75) is 31.6 Å². The lowest BCUT2D eigenvalue weighted by molar-refractivity contribution is -0.147. The summed E-state index contributed by atoms with van der Waals surface area (Å²) in [6.07, 6.45) is 3.44. The molecule has 10 heteroatoms. The molecule has 0 spiro atoms. The molecule has 0 aromatic carbocycles. The number of aromatic nitrogens is 2. The van der Waals surface area contributed by atoms with E-state index in [1.54, 1.807) is 19.2 Å². The van der Waals surface area contributed by atoms with E-state index < -0.39 is 41.8 Å². The molecule has 2 aliphatic rings. The number of aliphatic carboxylic acids is 1. The van der Waals surface area contributed by atoms with E-state index in [2.05, 4.69) is 15.7 Å². The Labute approximate surface area is 159 Å². The molecule has 0 radical (unpaired) electrons. The van der Waals surface area contributed by atoms with Crippen LogP contribution in [0.2, 0.25) is 0 Å². The van der Waals surface area contributed by atoms with E-state index in [1.165, 1.54) is 17.1 Å². The minimum Gasteiger partial charge on any atom is -0.481 e. The summed E-state index contributed by atoms with van der Waals surface area (Å²) in [6.45, 7) is 0.178. The first-order valence-electron chi connectivity index (χ1n) is 8.97. The van der Waals surface area contributed by atoms with Crippen LogP contribution in [0.1, 0.15) is 29.1 Å². The third kappa shape index (κ3) is 3.26. The summed E-state index contributed by atoms with van der Waals surface area (Å²) in [5.41, 5.74) is 0.259. The summed E-state index contributed by atoms with van der Waals surface area (Å²) < 4.78 is 12.2. The van der Waals surface area contributed by atoms with Crippen LogP contribution in [-0.2, 0) is 27.9 Å². The van der Waals surface area contributed by atoms with E-state index in [0.717, 1.165) is 0 Å². The fourth-order valence-corrected chi connectivity index (χ4v) is 3.95. The van der Waals surface area contributed by atoms with Crippen molar-refractivity contribution in [3.05, 3.63) is 36.0 Å². The first-order valence-corrected chi connectivity index (χ1v) is 8.97. The van der Waals surface area contributed by atoms with Crippen LogP contribution in [0.4, 0.5) is 5.69 Å². The van der Waals surface area contributed by atoms with Gasteiger partial charge in [0.1, 0.15) is 5.76 Å². The van der Waals surface area contributed by atoms with Gasteiger partial charge in [0, 0.05) is 13.2 Å². The predicted octanol–water partition coefficient (Wildman–Crippen LogP) is 0.760. The first kappa shape index (κ1) is 18.2. The van der Waals surface area contributed by atoms with Crippen LogP contribution in [0.5, 0.6) is 0 Å². The fourth-order valence-electron chi connectivity index (χ4n) is 3.95. The van der Waals surface area contributed by atoms with E-state index in [0.29, 0.717) is 18.6 Å². The molecule has 10 nitrogen and oxygen atoms in total. The van der Waals surface area contributed by atoms with Crippen molar-refractivity contribution in [3.63, 3.8) is 0 Å². The highest BCUT2D eigenvalue weighted by Crippen LogP contribution is 2.44. The molecule has 2 saturated heterocycles. The van der Waals surface area contributed by atoms with Crippen LogP contribution in [0, 0.1) is 11.8 Å². The van der Waals surface area contributed by atoms with Crippen molar-refractivity contribution in [3.8, 4) is 0 Å². The quantitative estimate of drug-likeness (QED) is 0.665. The summed E-state index contributed by atoms with van der Waals surface area (Å²) in [6, 6.07) is 3.44. The molecule has 2 aromatic rings. The Bertz CT molecular complexity index is 905. The Morgan fingerprint density at radius 2 is 2.04 bits per heavy atom. The number of ether oxygens (including phenoxy) is 1. The minimum absolute atomic E-state index is 0.0401. The smallest absolute Gasteiger partial charge is 0.310 e. The molecule has 4 atom stereocenters. The van der Waals surface area contributed by atoms with Crippen molar-refractivity contribution in [1.82, 2.24) is 15.1 Å². The molecule has 2 bridgehead atoms. The van der Waals surface area contributed by atoms with Gasteiger partial charge in [0.2, 0.25) is 5.91 Å². The van der Waals surface area contributed by atoms with Crippen LogP contribution < -0.4 is 10.6 Å². The van der Waals surface area contributed by atoms with E-state index in [-0.39, 0.29) is 17.9 Å². The van der Waals surface area contributed by atoms with Gasteiger partial charge in [-0.05, 0) is 25.0 Å². The molecule has 2 aliphatic heterocycles. The predicted molar refractivity (Wildman–Crippen MR) is 94.2 cm³/mol. The molecule has 0 aliphatic carbocycles. The number of anilines is 1.